The molecule has 2 aromatic carbocycles. The average molecular weight is 332 g/mol. The van der Waals surface area contributed by atoms with E-state index in [9.17, 15) is 28.1 Å². The van der Waals surface area contributed by atoms with E-state index in [1.807, 2.05) is 0 Å². The second-order valence-corrected chi connectivity index (χ2v) is 6.43. The molecule has 0 spiro atoms. The first-order valence-corrected chi connectivity index (χ1v) is 7.79. The summed E-state index contributed by atoms with van der Waals surface area (Å²) in [7, 11) is -4.22. The van der Waals surface area contributed by atoms with Gasteiger partial charge in [-0.25, -0.2) is 13.6 Å². The summed E-state index contributed by atoms with van der Waals surface area (Å²) < 4.78 is 23.4. The fourth-order valence-electron chi connectivity index (χ4n) is 2.55. The van der Waals surface area contributed by atoms with Crippen molar-refractivity contribution in [1.82, 2.24) is 0 Å². The van der Waals surface area contributed by atoms with Gasteiger partial charge in [0.25, 0.3) is 5.69 Å². The molecule has 0 heterocycles. The third-order valence-electron chi connectivity index (χ3n) is 3.48. The lowest BCUT2D eigenvalue weighted by Gasteiger charge is -2.08. The quantitative estimate of drug-likeness (QED) is 0.430. The number of hydrogen-bond donors (Lipinski definition) is 1. The number of carbonyl (C=O) groups excluding carboxylic acids is 2. The maximum absolute atomic E-state index is 11.7. The fraction of sp³-hybridized carbons (Fsp3) is 0. The topological polar surface area (TPSA) is 137 Å². The number of Topliss-reactive ketones (excluding diaryl/α,β-unsaturated/α-hetero) is 2. The van der Waals surface area contributed by atoms with Gasteiger partial charge in [0, 0.05) is 6.07 Å². The lowest BCUT2D eigenvalue weighted by Crippen LogP contribution is -2.34. The molecule has 1 aliphatic rings. The first kappa shape index (κ1) is 15.0. The second-order valence-electron chi connectivity index (χ2n) is 4.90. The number of sulfonamides is 1. The molecule has 0 atom stereocenters. The highest BCUT2D eigenvalue weighted by atomic mass is 32.2. The van der Waals surface area contributed by atoms with Gasteiger partial charge in [-0.3, -0.25) is 19.7 Å². The third kappa shape index (κ3) is 2.31. The Morgan fingerprint density at radius 3 is 2.35 bits per heavy atom. The Labute approximate surface area is 128 Å². The molecule has 2 aromatic rings. The Morgan fingerprint density at radius 2 is 1.74 bits per heavy atom. The average Bonchev–Trinajstić information content (AvgIpc) is 2.46. The van der Waals surface area contributed by atoms with Crippen LogP contribution in [0.3, 0.4) is 0 Å². The summed E-state index contributed by atoms with van der Waals surface area (Å²) in [5, 5.41) is 16.9. The van der Waals surface area contributed by atoms with Crippen molar-refractivity contribution in [3.05, 3.63) is 44.8 Å². The maximum Gasteiger partial charge on any atom is 0.279 e. The fourth-order valence-corrected chi connectivity index (χ4v) is 3.32. The first-order valence-electron chi connectivity index (χ1n) is 6.25. The van der Waals surface area contributed by atoms with Crippen LogP contribution in [0.4, 0.5) is 5.69 Å². The zero-order chi connectivity index (χ0) is 16.9. The molecule has 23 heavy (non-hydrogen) atoms. The van der Waals surface area contributed by atoms with Gasteiger partial charge in [0.05, 0.1) is 15.2 Å². The summed E-state index contributed by atoms with van der Waals surface area (Å²) in [6, 6.07) is 5.01. The number of nitro groups is 1. The van der Waals surface area contributed by atoms with Crippen LogP contribution in [0.2, 0.25) is 0 Å². The predicted molar refractivity (Wildman–Crippen MR) is 80.2 cm³/mol. The SMILES string of the molecule is NS(=O)(=O)c1cccc2c3c(cc([N+](=O)[O-])c12)=CC(=O)C(=O)C=3. The molecule has 3 rings (SSSR count). The van der Waals surface area contributed by atoms with Crippen LogP contribution in [0.5, 0.6) is 0 Å². The predicted octanol–water partition coefficient (Wildman–Crippen LogP) is -0.892. The largest absolute Gasteiger partial charge is 0.286 e. The monoisotopic (exact) mass is 332 g/mol. The molecule has 0 aliphatic heterocycles. The summed E-state index contributed by atoms with van der Waals surface area (Å²) in [5.41, 5.74) is -0.504. The summed E-state index contributed by atoms with van der Waals surface area (Å²) in [4.78, 5) is 33.2. The number of fused-ring (bicyclic) bond motifs is 3. The highest BCUT2D eigenvalue weighted by Gasteiger charge is 2.24. The van der Waals surface area contributed by atoms with E-state index in [4.69, 9.17) is 5.14 Å². The number of benzene rings is 2. The zero-order valence-electron chi connectivity index (χ0n) is 11.3. The molecule has 0 amide bonds. The molecule has 2 N–H and O–H groups in total. The molecular formula is C14H8N2O6S. The number of carbonyl (C=O) groups is 2. The summed E-state index contributed by atoms with van der Waals surface area (Å²) >= 11 is 0. The van der Waals surface area contributed by atoms with Gasteiger partial charge in [-0.1, -0.05) is 12.1 Å². The molecule has 8 nitrogen and oxygen atoms in total. The third-order valence-corrected chi connectivity index (χ3v) is 4.44. The van der Waals surface area contributed by atoms with Gasteiger partial charge in [-0.15, -0.1) is 0 Å². The van der Waals surface area contributed by atoms with Crippen molar-refractivity contribution in [3.63, 3.8) is 0 Å². The summed E-state index contributed by atoms with van der Waals surface area (Å²) in [6.45, 7) is 0. The van der Waals surface area contributed by atoms with Crippen molar-refractivity contribution < 1.29 is 22.9 Å². The van der Waals surface area contributed by atoms with Crippen molar-refractivity contribution >= 4 is 50.2 Å². The van der Waals surface area contributed by atoms with E-state index >= 15 is 0 Å². The van der Waals surface area contributed by atoms with Crippen LogP contribution in [0.1, 0.15) is 0 Å². The zero-order valence-corrected chi connectivity index (χ0v) is 12.2. The second kappa shape index (κ2) is 4.80. The minimum atomic E-state index is -4.22. The van der Waals surface area contributed by atoms with Gasteiger partial charge < -0.3 is 0 Å². The smallest absolute Gasteiger partial charge is 0.279 e. The lowest BCUT2D eigenvalue weighted by molar-refractivity contribution is -0.383. The van der Waals surface area contributed by atoms with Crippen molar-refractivity contribution in [2.24, 2.45) is 5.14 Å². The number of nitrogens with two attached hydrogens (primary N) is 1. The maximum atomic E-state index is 11.7. The molecule has 0 fully saturated rings. The molecule has 116 valence electrons. The van der Waals surface area contributed by atoms with E-state index < -0.39 is 37.1 Å². The standard InChI is InChI=1S/C14H8N2O6S/c15-23(21,22)13-3-1-2-8-9-6-12(18)11(17)5-7(9)4-10(14(8)13)16(19)20/h1-6H,(H2,15,21,22). The Morgan fingerprint density at radius 1 is 1.09 bits per heavy atom. The molecule has 0 unspecified atom stereocenters. The van der Waals surface area contributed by atoms with Crippen LogP contribution in [-0.2, 0) is 19.6 Å². The Bertz CT molecular complexity index is 1150. The minimum absolute atomic E-state index is 0.165. The van der Waals surface area contributed by atoms with Gasteiger partial charge in [-0.05, 0) is 34.0 Å². The van der Waals surface area contributed by atoms with Gasteiger partial charge in [0.2, 0.25) is 21.6 Å². The molecular weight excluding hydrogens is 324 g/mol. The Balaban J connectivity index is 2.69. The molecule has 1 aliphatic carbocycles. The van der Waals surface area contributed by atoms with Crippen LogP contribution in [0, 0.1) is 10.1 Å². The normalized spacial score (nSPS) is 14.1. The van der Waals surface area contributed by atoms with E-state index in [0.717, 1.165) is 24.3 Å². The van der Waals surface area contributed by atoms with E-state index in [1.165, 1.54) is 12.1 Å². The van der Waals surface area contributed by atoms with Crippen molar-refractivity contribution in [3.8, 4) is 0 Å². The molecule has 0 saturated heterocycles. The van der Waals surface area contributed by atoms with Crippen LogP contribution in [0.15, 0.2) is 29.2 Å². The highest BCUT2D eigenvalue weighted by Crippen LogP contribution is 2.28. The minimum Gasteiger partial charge on any atom is -0.286 e. The van der Waals surface area contributed by atoms with E-state index in [2.05, 4.69) is 0 Å². The van der Waals surface area contributed by atoms with Crippen molar-refractivity contribution in [2.45, 2.75) is 4.90 Å². The highest BCUT2D eigenvalue weighted by molar-refractivity contribution is 7.89. The molecule has 0 radical (unpaired) electrons. The van der Waals surface area contributed by atoms with Crippen molar-refractivity contribution in [2.75, 3.05) is 0 Å². The van der Waals surface area contributed by atoms with Crippen LogP contribution < -0.4 is 15.6 Å². The van der Waals surface area contributed by atoms with E-state index in [0.29, 0.717) is 0 Å². The Hall–Kier alpha value is -2.91. The van der Waals surface area contributed by atoms with Crippen molar-refractivity contribution in [1.29, 1.82) is 0 Å². The van der Waals surface area contributed by atoms with E-state index in [-0.39, 0.29) is 21.2 Å². The number of rotatable bonds is 2. The van der Waals surface area contributed by atoms with Gasteiger partial charge in [-0.2, -0.15) is 0 Å². The van der Waals surface area contributed by atoms with E-state index in [1.54, 1.807) is 0 Å². The number of nitrogens with zero attached hydrogens (tertiary/aromatic N) is 1. The number of nitro benzene ring substituents is 1. The molecule has 0 saturated carbocycles. The number of ketones is 2. The van der Waals surface area contributed by atoms with Gasteiger partial charge in [0.1, 0.15) is 0 Å². The lowest BCUT2D eigenvalue weighted by atomic mass is 9.98. The number of primary sulfonamides is 1. The Kier molecular flexibility index (Phi) is 3.13. The van der Waals surface area contributed by atoms with Gasteiger partial charge in [0.15, 0.2) is 0 Å². The summed E-state index contributed by atoms with van der Waals surface area (Å²) in [5.74, 6) is -1.58. The van der Waals surface area contributed by atoms with Gasteiger partial charge >= 0.3 is 0 Å². The van der Waals surface area contributed by atoms with Crippen LogP contribution >= 0.6 is 0 Å². The molecule has 0 aromatic heterocycles. The first-order chi connectivity index (χ1) is 10.7. The van der Waals surface area contributed by atoms with Crippen LogP contribution in [0.25, 0.3) is 22.9 Å². The number of hydrogen-bond acceptors (Lipinski definition) is 6. The molecule has 0 bridgehead atoms. The molecule has 9 heteroatoms. The number of non-ortho nitro benzene ring substituents is 1. The van der Waals surface area contributed by atoms with Crippen LogP contribution in [-0.4, -0.2) is 24.9 Å². The summed E-state index contributed by atoms with van der Waals surface area (Å²) in [6.07, 6.45) is 2.03.